The number of hydrogen-bond acceptors (Lipinski definition) is 9. The van der Waals surface area contributed by atoms with Gasteiger partial charge in [-0.3, -0.25) is 19.2 Å². The van der Waals surface area contributed by atoms with Crippen molar-refractivity contribution in [1.82, 2.24) is 4.90 Å². The molecule has 1 saturated heterocycles. The van der Waals surface area contributed by atoms with E-state index in [0.717, 1.165) is 83.7 Å². The van der Waals surface area contributed by atoms with Crippen LogP contribution in [-0.4, -0.2) is 74.8 Å². The van der Waals surface area contributed by atoms with E-state index in [4.69, 9.17) is 18.9 Å². The van der Waals surface area contributed by atoms with Crippen LogP contribution in [-0.2, 0) is 38.1 Å². The molecule has 0 aromatic heterocycles. The van der Waals surface area contributed by atoms with E-state index in [-0.39, 0.29) is 74.0 Å². The molecule has 1 heterocycles. The third-order valence-electron chi connectivity index (χ3n) is 11.5. The second kappa shape index (κ2) is 31.6. The Kier molecular flexibility index (Phi) is 28.0. The predicted molar refractivity (Wildman–Crippen MR) is 220 cm³/mol. The molecule has 0 bridgehead atoms. The second-order valence-electron chi connectivity index (χ2n) is 16.6. The van der Waals surface area contributed by atoms with Gasteiger partial charge in [0.1, 0.15) is 25.9 Å². The van der Waals surface area contributed by atoms with E-state index < -0.39 is 5.92 Å². The number of hydrogen-bond donors (Lipinski definition) is 0. The lowest BCUT2D eigenvalue weighted by Crippen LogP contribution is -2.30. The molecule has 1 aliphatic carbocycles. The van der Waals surface area contributed by atoms with Crippen molar-refractivity contribution in [2.24, 2.45) is 23.7 Å². The van der Waals surface area contributed by atoms with Crippen LogP contribution in [0.5, 0.6) is 0 Å². The number of esters is 4. The van der Waals surface area contributed by atoms with Crippen molar-refractivity contribution >= 4 is 23.9 Å². The first-order valence-electron chi connectivity index (χ1n) is 22.8. The van der Waals surface area contributed by atoms with Crippen molar-refractivity contribution in [2.45, 2.75) is 194 Å². The average Bonchev–Trinajstić information content (AvgIpc) is 3.78. The molecule has 0 N–H and O–H groups in total. The van der Waals surface area contributed by atoms with Crippen LogP contribution >= 0.6 is 0 Å². The molecular formula is C46H81NO8. The fourth-order valence-corrected chi connectivity index (χ4v) is 8.00. The number of ether oxygens (including phenoxy) is 4. The topological polar surface area (TPSA) is 108 Å². The van der Waals surface area contributed by atoms with E-state index in [1.54, 1.807) is 0 Å². The summed E-state index contributed by atoms with van der Waals surface area (Å²) in [5.41, 5.74) is 0. The van der Waals surface area contributed by atoms with Crippen molar-refractivity contribution in [1.29, 1.82) is 0 Å². The van der Waals surface area contributed by atoms with Crippen LogP contribution in [0.3, 0.4) is 0 Å². The number of rotatable bonds is 33. The minimum Gasteiger partial charge on any atom is -0.465 e. The molecule has 318 valence electrons. The van der Waals surface area contributed by atoms with Crippen LogP contribution in [0, 0.1) is 23.7 Å². The lowest BCUT2D eigenvalue weighted by Gasteiger charge is -2.25. The zero-order chi connectivity index (χ0) is 39.9. The molecule has 9 nitrogen and oxygen atoms in total. The highest BCUT2D eigenvalue weighted by Gasteiger charge is 2.40. The molecule has 1 saturated carbocycles. The minimum absolute atomic E-state index is 0.0101. The molecule has 2 fully saturated rings. The third-order valence-corrected chi connectivity index (χ3v) is 11.5. The number of unbranched alkanes of at least 4 members (excludes halogenated alkanes) is 16. The van der Waals surface area contributed by atoms with E-state index in [2.05, 4.69) is 37.8 Å². The highest BCUT2D eigenvalue weighted by molar-refractivity contribution is 5.73. The quantitative estimate of drug-likeness (QED) is 0.0278. The van der Waals surface area contributed by atoms with Gasteiger partial charge in [-0.25, -0.2) is 0 Å². The average molecular weight is 776 g/mol. The third kappa shape index (κ3) is 23.4. The summed E-state index contributed by atoms with van der Waals surface area (Å²) < 4.78 is 23.1. The zero-order valence-corrected chi connectivity index (χ0v) is 35.7. The Labute approximate surface area is 335 Å². The highest BCUT2D eigenvalue weighted by atomic mass is 16.6. The summed E-state index contributed by atoms with van der Waals surface area (Å²) in [5, 5.41) is 0. The summed E-state index contributed by atoms with van der Waals surface area (Å²) in [7, 11) is 2.03. The van der Waals surface area contributed by atoms with Crippen molar-refractivity contribution in [3.05, 3.63) is 12.2 Å². The van der Waals surface area contributed by atoms with E-state index in [1.165, 1.54) is 77.0 Å². The highest BCUT2D eigenvalue weighted by Crippen LogP contribution is 2.40. The van der Waals surface area contributed by atoms with Gasteiger partial charge in [0.25, 0.3) is 0 Å². The Balaban J connectivity index is 1.84. The summed E-state index contributed by atoms with van der Waals surface area (Å²) in [5.74, 6) is -1.41. The lowest BCUT2D eigenvalue weighted by atomic mass is 9.88. The van der Waals surface area contributed by atoms with Crippen LogP contribution in [0.1, 0.15) is 188 Å². The zero-order valence-electron chi connectivity index (χ0n) is 35.7. The number of carbonyl (C=O) groups excluding carboxylic acids is 4. The molecule has 2 rings (SSSR count). The minimum atomic E-state index is -0.437. The molecule has 0 amide bonds. The van der Waals surface area contributed by atoms with E-state index >= 15 is 0 Å². The molecule has 0 spiro atoms. The molecular weight excluding hydrogens is 695 g/mol. The summed E-state index contributed by atoms with van der Waals surface area (Å²) in [6.07, 6.45) is 30.1. The van der Waals surface area contributed by atoms with Gasteiger partial charge in [-0.15, -0.1) is 0 Å². The van der Waals surface area contributed by atoms with Gasteiger partial charge in [-0.2, -0.15) is 0 Å². The molecule has 4 atom stereocenters. The summed E-state index contributed by atoms with van der Waals surface area (Å²) >= 11 is 0. The van der Waals surface area contributed by atoms with E-state index in [9.17, 15) is 19.2 Å². The van der Waals surface area contributed by atoms with Crippen LogP contribution < -0.4 is 0 Å². The smallest absolute Gasteiger partial charge is 0.310 e. The molecule has 0 aromatic carbocycles. The SMILES string of the molecule is CC/C=C\CC1C(CC(=O)OCC(COC(=O)CCCCCCCCCCC)COC(=O)CCCCCCCCCCC)CCC1OC(=O)C1CCN(C)C1. The normalized spacial score (nSPS) is 20.0. The van der Waals surface area contributed by atoms with Crippen molar-refractivity contribution in [3.8, 4) is 0 Å². The van der Waals surface area contributed by atoms with Crippen LogP contribution in [0.2, 0.25) is 0 Å². The monoisotopic (exact) mass is 776 g/mol. The summed E-state index contributed by atoms with van der Waals surface area (Å²) in [6, 6.07) is 0. The fraction of sp³-hybridized carbons (Fsp3) is 0.870. The van der Waals surface area contributed by atoms with Gasteiger partial charge in [-0.1, -0.05) is 136 Å². The first kappa shape index (κ1) is 48.7. The standard InChI is InChI=1S/C46H81NO8/c1-5-8-11-13-15-17-19-21-24-27-43(48)52-35-38(36-53-44(49)28-25-22-20-18-16-14-12-9-6-2)37-54-45(50)33-39-29-30-42(41(39)26-23-10-7-3)55-46(51)40-31-32-47(4)34-40/h10,23,38-42H,5-9,11-22,24-37H2,1-4H3/b23-10-. The number of likely N-dealkylation sites (tertiary alicyclic amines) is 1. The fourth-order valence-electron chi connectivity index (χ4n) is 8.00. The first-order chi connectivity index (χ1) is 26.8. The molecule has 2 aliphatic rings. The van der Waals surface area contributed by atoms with Gasteiger partial charge in [0, 0.05) is 31.7 Å². The van der Waals surface area contributed by atoms with Gasteiger partial charge in [0.15, 0.2) is 0 Å². The van der Waals surface area contributed by atoms with E-state index in [0.29, 0.717) is 12.8 Å². The van der Waals surface area contributed by atoms with Gasteiger partial charge >= 0.3 is 23.9 Å². The van der Waals surface area contributed by atoms with Gasteiger partial charge < -0.3 is 23.8 Å². The van der Waals surface area contributed by atoms with Crippen molar-refractivity contribution in [3.63, 3.8) is 0 Å². The molecule has 55 heavy (non-hydrogen) atoms. The molecule has 1 aliphatic heterocycles. The van der Waals surface area contributed by atoms with Crippen molar-refractivity contribution in [2.75, 3.05) is 40.0 Å². The molecule has 0 radical (unpaired) electrons. The molecule has 0 aromatic rings. The second-order valence-corrected chi connectivity index (χ2v) is 16.6. The Morgan fingerprint density at radius 3 is 1.58 bits per heavy atom. The maximum atomic E-state index is 13.3. The molecule has 4 unspecified atom stereocenters. The van der Waals surface area contributed by atoms with Crippen LogP contribution in [0.4, 0.5) is 0 Å². The van der Waals surface area contributed by atoms with Crippen LogP contribution in [0.25, 0.3) is 0 Å². The maximum absolute atomic E-state index is 13.3. The molecule has 9 heteroatoms. The summed E-state index contributed by atoms with van der Waals surface area (Å²) in [4.78, 5) is 53.7. The van der Waals surface area contributed by atoms with E-state index in [1.807, 2.05) is 7.05 Å². The van der Waals surface area contributed by atoms with Gasteiger partial charge in [0.05, 0.1) is 11.8 Å². The Hall–Kier alpha value is -2.42. The van der Waals surface area contributed by atoms with Crippen LogP contribution in [0.15, 0.2) is 12.2 Å². The Bertz CT molecular complexity index is 1020. The Morgan fingerprint density at radius 2 is 1.11 bits per heavy atom. The first-order valence-corrected chi connectivity index (χ1v) is 22.8. The Morgan fingerprint density at radius 1 is 0.618 bits per heavy atom. The number of carbonyl (C=O) groups is 4. The van der Waals surface area contributed by atoms with Gasteiger partial charge in [0.2, 0.25) is 0 Å². The van der Waals surface area contributed by atoms with Gasteiger partial charge in [-0.05, 0) is 64.5 Å². The predicted octanol–water partition coefficient (Wildman–Crippen LogP) is 10.7. The largest absolute Gasteiger partial charge is 0.465 e. The van der Waals surface area contributed by atoms with Crippen molar-refractivity contribution < 1.29 is 38.1 Å². The lowest BCUT2D eigenvalue weighted by molar-refractivity contribution is -0.155. The number of allylic oxidation sites excluding steroid dienone is 2. The maximum Gasteiger partial charge on any atom is 0.310 e. The summed E-state index contributed by atoms with van der Waals surface area (Å²) in [6.45, 7) is 8.27. The number of nitrogens with zero attached hydrogens (tertiary/aromatic N) is 1.